The molecule has 0 saturated carbocycles. The molecule has 2 aromatic carbocycles. The largest absolute Gasteiger partial charge is 0.506 e. The average molecular weight is 666 g/mol. The number of hydrogen-bond donors (Lipinski definition) is 4. The fraction of sp³-hybridized carbons (Fsp3) is 0.500. The van der Waals surface area contributed by atoms with E-state index in [9.17, 15) is 19.8 Å². The van der Waals surface area contributed by atoms with Crippen LogP contribution < -0.4 is 10.2 Å². The van der Waals surface area contributed by atoms with E-state index < -0.39 is 6.10 Å². The predicted molar refractivity (Wildman–Crippen MR) is 182 cm³/mol. The molecule has 4 aromatic rings. The summed E-state index contributed by atoms with van der Waals surface area (Å²) in [6.07, 6.45) is 2.71. The van der Waals surface area contributed by atoms with Gasteiger partial charge in [0, 0.05) is 50.1 Å². The number of rotatable bonds is 11. The Morgan fingerprint density at radius 3 is 2.78 bits per heavy atom. The summed E-state index contributed by atoms with van der Waals surface area (Å²) in [5.74, 6) is 0.543. The van der Waals surface area contributed by atoms with E-state index in [2.05, 4.69) is 58.3 Å². The van der Waals surface area contributed by atoms with Crippen LogP contribution in [0.5, 0.6) is 5.75 Å². The number of piperidine rings is 1. The Labute approximate surface area is 277 Å². The molecule has 0 aliphatic carbocycles. The summed E-state index contributed by atoms with van der Waals surface area (Å²) in [6, 6.07) is 11.8. The molecule has 2 saturated heterocycles. The van der Waals surface area contributed by atoms with Crippen molar-refractivity contribution >= 4 is 38.8 Å². The average Bonchev–Trinajstić information content (AvgIpc) is 3.67. The first kappa shape index (κ1) is 32.8. The van der Waals surface area contributed by atoms with Crippen molar-refractivity contribution in [1.82, 2.24) is 25.1 Å². The highest BCUT2D eigenvalue weighted by Crippen LogP contribution is 2.33. The number of nitrogens with zero attached hydrogens (tertiary/aromatic N) is 3. The fourth-order valence-corrected chi connectivity index (χ4v) is 8.38. The Kier molecular flexibility index (Phi) is 10.2. The molecule has 46 heavy (non-hydrogen) atoms. The van der Waals surface area contributed by atoms with Crippen molar-refractivity contribution in [2.24, 2.45) is 5.92 Å². The minimum absolute atomic E-state index is 0.00438. The third kappa shape index (κ3) is 7.70. The van der Waals surface area contributed by atoms with Crippen molar-refractivity contribution in [1.29, 1.82) is 0 Å². The predicted octanol–water partition coefficient (Wildman–Crippen LogP) is 4.32. The zero-order valence-electron chi connectivity index (χ0n) is 26.5. The van der Waals surface area contributed by atoms with Crippen LogP contribution in [0, 0.1) is 5.92 Å². The Balaban J connectivity index is 0.962. The third-order valence-electron chi connectivity index (χ3n) is 8.93. The van der Waals surface area contributed by atoms with Gasteiger partial charge in [0.15, 0.2) is 0 Å². The molecule has 12 heteroatoms. The summed E-state index contributed by atoms with van der Waals surface area (Å²) in [5.41, 5.74) is 3.78. The third-order valence-corrected chi connectivity index (χ3v) is 10.7. The molecule has 1 spiro atoms. The van der Waals surface area contributed by atoms with Gasteiger partial charge in [0.2, 0.25) is 0 Å². The molecule has 2 aliphatic rings. The van der Waals surface area contributed by atoms with Gasteiger partial charge in [-0.1, -0.05) is 55.5 Å². The summed E-state index contributed by atoms with van der Waals surface area (Å²) in [4.78, 5) is 36.5. The fourth-order valence-electron chi connectivity index (χ4n) is 6.48. The first-order valence-corrected chi connectivity index (χ1v) is 17.8. The molecule has 2 fully saturated rings. The number of aromatic hydroxyl groups is 1. The number of H-pyrrole nitrogens is 1. The normalized spacial score (nSPS) is 17.7. The number of aromatic nitrogens is 2. The van der Waals surface area contributed by atoms with Crippen molar-refractivity contribution in [3.8, 4) is 5.75 Å². The van der Waals surface area contributed by atoms with Crippen molar-refractivity contribution in [2.45, 2.75) is 57.8 Å². The standard InChI is InChI=1S/C34H43N5O5S2/c1-22(2)16-29-36-26(20-45-29)32(42)39-14-15-44-34(21-39)9-12-38(13-10-34)19-24-5-3-4-23(17-24)8-11-35-18-28(41)25-6-7-27(40)30-31(25)46-33(43)37-30/h3-7,17,20,22,28,35,40-41H,8-16,18-19,21H2,1-2H3,(H,37,43)/t28-/m0/s1. The quantitative estimate of drug-likeness (QED) is 0.174. The molecular weight excluding hydrogens is 623 g/mol. The number of nitrogens with one attached hydrogen (secondary N) is 2. The number of morpholine rings is 1. The Hall–Kier alpha value is -3.13. The van der Waals surface area contributed by atoms with Crippen molar-refractivity contribution in [3.63, 3.8) is 0 Å². The van der Waals surface area contributed by atoms with Gasteiger partial charge in [0.1, 0.15) is 17.0 Å². The van der Waals surface area contributed by atoms with Gasteiger partial charge in [0.05, 0.1) is 34.6 Å². The second kappa shape index (κ2) is 14.3. The maximum atomic E-state index is 13.3. The molecule has 1 amide bonds. The number of likely N-dealkylation sites (tertiary alicyclic amines) is 1. The van der Waals surface area contributed by atoms with Crippen molar-refractivity contribution < 1.29 is 19.7 Å². The highest BCUT2D eigenvalue weighted by Gasteiger charge is 2.41. The minimum Gasteiger partial charge on any atom is -0.506 e. The van der Waals surface area contributed by atoms with E-state index in [0.29, 0.717) is 60.2 Å². The van der Waals surface area contributed by atoms with E-state index >= 15 is 0 Å². The van der Waals surface area contributed by atoms with Gasteiger partial charge in [-0.15, -0.1) is 11.3 Å². The van der Waals surface area contributed by atoms with E-state index in [1.165, 1.54) is 17.2 Å². The molecular formula is C34H43N5O5S2. The van der Waals surface area contributed by atoms with Gasteiger partial charge < -0.3 is 30.2 Å². The SMILES string of the molecule is CC(C)Cc1nc(C(=O)N2CCOC3(CCN(Cc4cccc(CCNC[C@H](O)c5ccc(O)c6[nH]c(=O)sc56)c4)CC3)C2)cs1. The van der Waals surface area contributed by atoms with Crippen molar-refractivity contribution in [3.05, 3.63) is 78.8 Å². The number of benzene rings is 2. The van der Waals surface area contributed by atoms with E-state index in [1.54, 1.807) is 17.4 Å². The number of ether oxygens (including phenoxy) is 1. The first-order valence-electron chi connectivity index (χ1n) is 16.1. The van der Waals surface area contributed by atoms with Crippen LogP contribution in [0.25, 0.3) is 10.2 Å². The summed E-state index contributed by atoms with van der Waals surface area (Å²) < 4.78 is 6.92. The lowest BCUT2D eigenvalue weighted by Crippen LogP contribution is -2.58. The van der Waals surface area contributed by atoms with Crippen LogP contribution in [0.1, 0.15) is 65.0 Å². The number of fused-ring (bicyclic) bond motifs is 1. The molecule has 2 aromatic heterocycles. The molecule has 0 radical (unpaired) electrons. The van der Waals surface area contributed by atoms with Gasteiger partial charge in [-0.3, -0.25) is 14.5 Å². The van der Waals surface area contributed by atoms with Crippen molar-refractivity contribution in [2.75, 3.05) is 45.9 Å². The van der Waals surface area contributed by atoms with E-state index in [1.807, 2.05) is 10.3 Å². The number of aliphatic hydroxyl groups excluding tert-OH is 1. The zero-order valence-corrected chi connectivity index (χ0v) is 28.1. The number of hydrogen-bond acceptors (Lipinski definition) is 10. The lowest BCUT2D eigenvalue weighted by Gasteiger charge is -2.47. The van der Waals surface area contributed by atoms with Gasteiger partial charge in [-0.2, -0.15) is 0 Å². The second-order valence-electron chi connectivity index (χ2n) is 12.9. The summed E-state index contributed by atoms with van der Waals surface area (Å²) in [6.45, 7) is 9.87. The molecule has 0 unspecified atom stereocenters. The summed E-state index contributed by atoms with van der Waals surface area (Å²) >= 11 is 2.57. The molecule has 6 rings (SSSR count). The van der Waals surface area contributed by atoms with Crippen LogP contribution in [0.4, 0.5) is 0 Å². The first-order chi connectivity index (χ1) is 22.2. The summed E-state index contributed by atoms with van der Waals surface area (Å²) in [5, 5.41) is 27.0. The lowest BCUT2D eigenvalue weighted by atomic mass is 9.89. The molecule has 2 aliphatic heterocycles. The Morgan fingerprint density at radius 2 is 1.98 bits per heavy atom. The summed E-state index contributed by atoms with van der Waals surface area (Å²) in [7, 11) is 0. The smallest absolute Gasteiger partial charge is 0.305 e. The topological polar surface area (TPSA) is 131 Å². The van der Waals surface area contributed by atoms with Crippen LogP contribution in [0.15, 0.2) is 46.6 Å². The number of amides is 1. The van der Waals surface area contributed by atoms with Crippen LogP contribution in [-0.2, 0) is 24.1 Å². The molecule has 246 valence electrons. The van der Waals surface area contributed by atoms with Crippen LogP contribution >= 0.6 is 22.7 Å². The second-order valence-corrected chi connectivity index (χ2v) is 14.9. The zero-order chi connectivity index (χ0) is 32.3. The highest BCUT2D eigenvalue weighted by molar-refractivity contribution is 7.16. The maximum absolute atomic E-state index is 13.3. The molecule has 0 bridgehead atoms. The van der Waals surface area contributed by atoms with Crippen LogP contribution in [0.2, 0.25) is 0 Å². The number of phenols is 1. The molecule has 1 atom stereocenters. The van der Waals surface area contributed by atoms with Gasteiger partial charge in [0.25, 0.3) is 5.91 Å². The maximum Gasteiger partial charge on any atom is 0.305 e. The highest BCUT2D eigenvalue weighted by atomic mass is 32.1. The number of carbonyl (C=O) groups is 1. The molecule has 4 heterocycles. The number of thiazole rings is 2. The number of phenolic OH excluding ortho intramolecular Hbond substituents is 1. The van der Waals surface area contributed by atoms with E-state index in [-0.39, 0.29) is 22.1 Å². The van der Waals surface area contributed by atoms with Gasteiger partial charge in [-0.25, -0.2) is 4.98 Å². The number of aliphatic hydroxyl groups is 1. The van der Waals surface area contributed by atoms with Crippen LogP contribution in [-0.4, -0.2) is 87.4 Å². The monoisotopic (exact) mass is 665 g/mol. The van der Waals surface area contributed by atoms with Gasteiger partial charge in [-0.05, 0) is 48.9 Å². The lowest BCUT2D eigenvalue weighted by molar-refractivity contribution is -0.128. The van der Waals surface area contributed by atoms with Crippen LogP contribution in [0.3, 0.4) is 0 Å². The van der Waals surface area contributed by atoms with E-state index in [4.69, 9.17) is 4.74 Å². The Bertz CT molecular complexity index is 1710. The number of carbonyl (C=O) groups excluding carboxylic acids is 1. The van der Waals surface area contributed by atoms with E-state index in [0.717, 1.165) is 61.7 Å². The molecule has 10 nitrogen and oxygen atoms in total. The number of aromatic amines is 1. The minimum atomic E-state index is -0.795. The molecule has 4 N–H and O–H groups in total. The Morgan fingerprint density at radius 1 is 1.17 bits per heavy atom. The van der Waals surface area contributed by atoms with Gasteiger partial charge >= 0.3 is 4.87 Å².